The Morgan fingerprint density at radius 3 is 2.78 bits per heavy atom. The van der Waals surface area contributed by atoms with Gasteiger partial charge < -0.3 is 5.32 Å². The second kappa shape index (κ2) is 5.22. The molecule has 0 aliphatic heterocycles. The molecule has 0 aliphatic carbocycles. The predicted molar refractivity (Wildman–Crippen MR) is 70.3 cm³/mol. The molecule has 2 aromatic rings. The lowest BCUT2D eigenvalue weighted by atomic mass is 10.4. The molecule has 0 saturated heterocycles. The van der Waals surface area contributed by atoms with E-state index in [0.29, 0.717) is 12.2 Å². The number of anilines is 2. The minimum Gasteiger partial charge on any atom is -0.350 e. The van der Waals surface area contributed by atoms with Crippen LogP contribution in [0.4, 0.5) is 11.4 Å². The Morgan fingerprint density at radius 1 is 1.39 bits per heavy atom. The van der Waals surface area contributed by atoms with E-state index in [0.717, 1.165) is 12.1 Å². The minimum absolute atomic E-state index is 0.141. The summed E-state index contributed by atoms with van der Waals surface area (Å²) in [6.45, 7) is 2.54. The molecule has 2 heterocycles. The van der Waals surface area contributed by atoms with Gasteiger partial charge >= 0.3 is 0 Å². The number of hydrogen-bond donors (Lipinski definition) is 1. The quantitative estimate of drug-likeness (QED) is 0.917. The van der Waals surface area contributed by atoms with E-state index in [2.05, 4.69) is 15.5 Å². The van der Waals surface area contributed by atoms with Crippen molar-refractivity contribution >= 4 is 23.0 Å². The van der Waals surface area contributed by atoms with Gasteiger partial charge in [0.25, 0.3) is 5.56 Å². The molecule has 0 atom stereocenters. The van der Waals surface area contributed by atoms with Crippen molar-refractivity contribution < 1.29 is 0 Å². The van der Waals surface area contributed by atoms with E-state index in [1.807, 2.05) is 14.0 Å². The van der Waals surface area contributed by atoms with Gasteiger partial charge in [0.05, 0.1) is 23.8 Å². The first-order valence-electron chi connectivity index (χ1n) is 5.63. The summed E-state index contributed by atoms with van der Waals surface area (Å²) in [5.74, 6) is 0. The Bertz CT molecular complexity index is 604. The van der Waals surface area contributed by atoms with Gasteiger partial charge in [-0.25, -0.2) is 4.68 Å². The smallest absolute Gasteiger partial charge is 0.287 e. The third-order valence-corrected chi connectivity index (χ3v) is 2.77. The normalized spacial score (nSPS) is 10.6. The summed E-state index contributed by atoms with van der Waals surface area (Å²) in [5.41, 5.74) is 0.961. The summed E-state index contributed by atoms with van der Waals surface area (Å²) >= 11 is 6.03. The summed E-state index contributed by atoms with van der Waals surface area (Å²) in [7, 11) is 1.81. The standard InChI is InChI=1S/C11H14ClN5O/c1-3-4-17-11(18)10(12)9(6-14-17)15-8-5-13-16(2)7-8/h5-7,15H,3-4H2,1-2H3. The van der Waals surface area contributed by atoms with Gasteiger partial charge in [0.1, 0.15) is 5.02 Å². The fourth-order valence-corrected chi connectivity index (χ4v) is 1.76. The first kappa shape index (κ1) is 12.6. The molecule has 0 saturated carbocycles. The highest BCUT2D eigenvalue weighted by Gasteiger charge is 2.09. The Kier molecular flexibility index (Phi) is 3.66. The van der Waals surface area contributed by atoms with Gasteiger partial charge in [0.2, 0.25) is 0 Å². The minimum atomic E-state index is -0.285. The first-order valence-corrected chi connectivity index (χ1v) is 6.01. The van der Waals surface area contributed by atoms with Crippen LogP contribution in [0.15, 0.2) is 23.4 Å². The molecule has 0 aromatic carbocycles. The zero-order valence-corrected chi connectivity index (χ0v) is 11.0. The Morgan fingerprint density at radius 2 is 2.17 bits per heavy atom. The van der Waals surface area contributed by atoms with E-state index < -0.39 is 0 Å². The van der Waals surface area contributed by atoms with Gasteiger partial charge in [0, 0.05) is 19.8 Å². The highest BCUT2D eigenvalue weighted by Crippen LogP contribution is 2.20. The second-order valence-corrected chi connectivity index (χ2v) is 4.31. The lowest BCUT2D eigenvalue weighted by Crippen LogP contribution is -2.23. The van der Waals surface area contributed by atoms with Crippen molar-refractivity contribution in [3.63, 3.8) is 0 Å². The number of nitrogens with zero attached hydrogens (tertiary/aromatic N) is 4. The van der Waals surface area contributed by atoms with E-state index in [1.165, 1.54) is 4.68 Å². The molecule has 0 unspecified atom stereocenters. The van der Waals surface area contributed by atoms with Crippen molar-refractivity contribution in [2.45, 2.75) is 19.9 Å². The van der Waals surface area contributed by atoms with E-state index >= 15 is 0 Å². The summed E-state index contributed by atoms with van der Waals surface area (Å²) in [6, 6.07) is 0. The topological polar surface area (TPSA) is 64.7 Å². The van der Waals surface area contributed by atoms with Crippen molar-refractivity contribution in [2.75, 3.05) is 5.32 Å². The molecule has 0 spiro atoms. The molecule has 1 N–H and O–H groups in total. The molecule has 0 radical (unpaired) electrons. The second-order valence-electron chi connectivity index (χ2n) is 3.93. The first-order chi connectivity index (χ1) is 8.61. The molecule has 0 aliphatic rings. The summed E-state index contributed by atoms with van der Waals surface area (Å²) in [4.78, 5) is 11.9. The largest absolute Gasteiger partial charge is 0.350 e. The van der Waals surface area contributed by atoms with Crippen molar-refractivity contribution in [2.24, 2.45) is 7.05 Å². The molecular formula is C11H14ClN5O. The zero-order chi connectivity index (χ0) is 13.1. The third-order valence-electron chi connectivity index (χ3n) is 2.40. The Hall–Kier alpha value is -1.82. The molecule has 6 nitrogen and oxygen atoms in total. The van der Waals surface area contributed by atoms with Gasteiger partial charge in [-0.15, -0.1) is 0 Å². The Labute approximate surface area is 109 Å². The van der Waals surface area contributed by atoms with Crippen LogP contribution in [0.5, 0.6) is 0 Å². The molecule has 2 rings (SSSR count). The number of nitrogens with one attached hydrogen (secondary N) is 1. The molecule has 0 fully saturated rings. The maximum Gasteiger partial charge on any atom is 0.287 e. The lowest BCUT2D eigenvalue weighted by molar-refractivity contribution is 0.569. The highest BCUT2D eigenvalue weighted by atomic mass is 35.5. The number of hydrogen-bond acceptors (Lipinski definition) is 4. The predicted octanol–water partition coefficient (Wildman–Crippen LogP) is 1.78. The fourth-order valence-electron chi connectivity index (χ4n) is 1.56. The molecule has 18 heavy (non-hydrogen) atoms. The van der Waals surface area contributed by atoms with Crippen molar-refractivity contribution in [1.82, 2.24) is 19.6 Å². The molecule has 7 heteroatoms. The summed E-state index contributed by atoms with van der Waals surface area (Å²) < 4.78 is 3.01. The van der Waals surface area contributed by atoms with Gasteiger partial charge in [0.15, 0.2) is 0 Å². The maximum absolute atomic E-state index is 11.9. The molecule has 0 bridgehead atoms. The van der Waals surface area contributed by atoms with E-state index in [9.17, 15) is 4.79 Å². The molecule has 96 valence electrons. The summed E-state index contributed by atoms with van der Waals surface area (Å²) in [6.07, 6.45) is 5.81. The fraction of sp³-hybridized carbons (Fsp3) is 0.364. The molecular weight excluding hydrogens is 254 g/mol. The van der Waals surface area contributed by atoms with E-state index in [4.69, 9.17) is 11.6 Å². The maximum atomic E-state index is 11.9. The van der Waals surface area contributed by atoms with Crippen LogP contribution in [-0.4, -0.2) is 19.6 Å². The van der Waals surface area contributed by atoms with Crippen LogP contribution >= 0.6 is 11.6 Å². The van der Waals surface area contributed by atoms with Crippen LogP contribution in [0.3, 0.4) is 0 Å². The number of aryl methyl sites for hydroxylation is 2. The van der Waals surface area contributed by atoms with Crippen molar-refractivity contribution in [1.29, 1.82) is 0 Å². The van der Waals surface area contributed by atoms with Gasteiger partial charge in [-0.05, 0) is 6.42 Å². The van der Waals surface area contributed by atoms with Crippen molar-refractivity contribution in [3.05, 3.63) is 34.0 Å². The highest BCUT2D eigenvalue weighted by molar-refractivity contribution is 6.33. The van der Waals surface area contributed by atoms with Crippen molar-refractivity contribution in [3.8, 4) is 0 Å². The molecule has 0 amide bonds. The SMILES string of the molecule is CCCn1ncc(Nc2cnn(C)c2)c(Cl)c1=O. The van der Waals surface area contributed by atoms with Crippen LogP contribution in [0.2, 0.25) is 5.02 Å². The van der Waals surface area contributed by atoms with Crippen LogP contribution < -0.4 is 10.9 Å². The van der Waals surface area contributed by atoms with Crippen LogP contribution in [0, 0.1) is 0 Å². The van der Waals surface area contributed by atoms with E-state index in [1.54, 1.807) is 23.3 Å². The number of halogens is 1. The van der Waals surface area contributed by atoms with Crippen LogP contribution in [-0.2, 0) is 13.6 Å². The zero-order valence-electron chi connectivity index (χ0n) is 10.2. The van der Waals surface area contributed by atoms with Crippen LogP contribution in [0.1, 0.15) is 13.3 Å². The lowest BCUT2D eigenvalue weighted by Gasteiger charge is -2.08. The Balaban J connectivity index is 2.30. The van der Waals surface area contributed by atoms with Gasteiger partial charge in [-0.2, -0.15) is 10.2 Å². The van der Waals surface area contributed by atoms with Gasteiger partial charge in [-0.3, -0.25) is 9.48 Å². The average molecular weight is 268 g/mol. The number of aromatic nitrogens is 4. The summed E-state index contributed by atoms with van der Waals surface area (Å²) in [5, 5.41) is 11.2. The van der Waals surface area contributed by atoms with Gasteiger partial charge in [-0.1, -0.05) is 18.5 Å². The molecule has 2 aromatic heterocycles. The van der Waals surface area contributed by atoms with Crippen LogP contribution in [0.25, 0.3) is 0 Å². The van der Waals surface area contributed by atoms with E-state index in [-0.39, 0.29) is 10.6 Å². The monoisotopic (exact) mass is 267 g/mol. The third kappa shape index (κ3) is 2.53. The number of rotatable bonds is 4. The average Bonchev–Trinajstić information content (AvgIpc) is 2.75.